The summed E-state index contributed by atoms with van der Waals surface area (Å²) in [6, 6.07) is 5.19. The summed E-state index contributed by atoms with van der Waals surface area (Å²) in [5, 5.41) is 9.73. The maximum atomic E-state index is 12.3. The van der Waals surface area contributed by atoms with Gasteiger partial charge in [-0.1, -0.05) is 22.0 Å². The summed E-state index contributed by atoms with van der Waals surface area (Å²) in [5.74, 6) is -0.112. The van der Waals surface area contributed by atoms with Crippen molar-refractivity contribution < 1.29 is 9.90 Å². The third kappa shape index (κ3) is 2.69. The van der Waals surface area contributed by atoms with E-state index in [2.05, 4.69) is 22.5 Å². The lowest BCUT2D eigenvalue weighted by molar-refractivity contribution is 0.0759. The molecule has 0 aromatic heterocycles. The Bertz CT molecular complexity index is 455. The van der Waals surface area contributed by atoms with Gasteiger partial charge < -0.3 is 10.0 Å². The molecule has 1 aliphatic carbocycles. The lowest BCUT2D eigenvalue weighted by Crippen LogP contribution is -2.33. The summed E-state index contributed by atoms with van der Waals surface area (Å²) < 4.78 is 0.785. The predicted molar refractivity (Wildman–Crippen MR) is 70.1 cm³/mol. The van der Waals surface area contributed by atoms with Gasteiger partial charge in [0.25, 0.3) is 5.91 Å². The summed E-state index contributed by atoms with van der Waals surface area (Å²) in [6.45, 7) is 4.18. The smallest absolute Gasteiger partial charge is 0.258 e. The molecule has 0 unspecified atom stereocenters. The van der Waals surface area contributed by atoms with E-state index >= 15 is 0 Å². The fourth-order valence-electron chi connectivity index (χ4n) is 1.76. The standard InChI is InChI=1S/C13H14BrNO2/c1-2-7-15(10-4-5-10)13(17)11-8-9(14)3-6-12(11)16/h2-3,6,8,10,16H,1,4-5,7H2. The molecule has 1 aliphatic rings. The van der Waals surface area contributed by atoms with Crippen molar-refractivity contribution in [3.8, 4) is 5.75 Å². The van der Waals surface area contributed by atoms with Crippen molar-refractivity contribution in [3.05, 3.63) is 40.9 Å². The van der Waals surface area contributed by atoms with Crippen LogP contribution in [0.25, 0.3) is 0 Å². The Balaban J connectivity index is 2.27. The van der Waals surface area contributed by atoms with Gasteiger partial charge in [0.1, 0.15) is 5.75 Å². The topological polar surface area (TPSA) is 40.5 Å². The highest BCUT2D eigenvalue weighted by Crippen LogP contribution is 2.30. The van der Waals surface area contributed by atoms with E-state index in [9.17, 15) is 9.90 Å². The van der Waals surface area contributed by atoms with E-state index in [1.165, 1.54) is 6.07 Å². The first-order chi connectivity index (χ1) is 8.13. The summed E-state index contributed by atoms with van der Waals surface area (Å²) in [7, 11) is 0. The molecule has 0 heterocycles. The van der Waals surface area contributed by atoms with Crippen LogP contribution < -0.4 is 0 Å². The minimum absolute atomic E-state index is 0.0212. The fraction of sp³-hybridized carbons (Fsp3) is 0.308. The first-order valence-corrected chi connectivity index (χ1v) is 6.33. The van der Waals surface area contributed by atoms with Crippen LogP contribution in [0, 0.1) is 0 Å². The lowest BCUT2D eigenvalue weighted by atomic mass is 10.1. The van der Waals surface area contributed by atoms with Crippen LogP contribution in [0.15, 0.2) is 35.3 Å². The molecule has 1 aromatic carbocycles. The van der Waals surface area contributed by atoms with Crippen molar-refractivity contribution in [3.63, 3.8) is 0 Å². The van der Waals surface area contributed by atoms with Crippen molar-refractivity contribution in [1.82, 2.24) is 4.90 Å². The third-order valence-electron chi connectivity index (χ3n) is 2.76. The monoisotopic (exact) mass is 295 g/mol. The van der Waals surface area contributed by atoms with E-state index in [-0.39, 0.29) is 11.7 Å². The minimum Gasteiger partial charge on any atom is -0.507 e. The van der Waals surface area contributed by atoms with E-state index in [0.717, 1.165) is 17.3 Å². The number of aromatic hydroxyl groups is 1. The quantitative estimate of drug-likeness (QED) is 0.868. The summed E-state index contributed by atoms with van der Waals surface area (Å²) >= 11 is 3.30. The number of hydrogen-bond acceptors (Lipinski definition) is 2. The van der Waals surface area contributed by atoms with E-state index in [1.54, 1.807) is 23.1 Å². The van der Waals surface area contributed by atoms with Gasteiger partial charge >= 0.3 is 0 Å². The van der Waals surface area contributed by atoms with E-state index in [4.69, 9.17) is 0 Å². The van der Waals surface area contributed by atoms with Gasteiger partial charge in [-0.3, -0.25) is 4.79 Å². The van der Waals surface area contributed by atoms with Crippen LogP contribution in [0.3, 0.4) is 0 Å². The molecule has 17 heavy (non-hydrogen) atoms. The molecule has 0 radical (unpaired) electrons. The molecule has 1 N–H and O–H groups in total. The largest absolute Gasteiger partial charge is 0.507 e. The fourth-order valence-corrected chi connectivity index (χ4v) is 2.12. The predicted octanol–water partition coefficient (Wildman–Crippen LogP) is 2.95. The lowest BCUT2D eigenvalue weighted by Gasteiger charge is -2.21. The maximum Gasteiger partial charge on any atom is 0.258 e. The third-order valence-corrected chi connectivity index (χ3v) is 3.26. The second kappa shape index (κ2) is 4.92. The van der Waals surface area contributed by atoms with Gasteiger partial charge in [-0.05, 0) is 31.0 Å². The molecule has 1 aromatic rings. The van der Waals surface area contributed by atoms with Crippen molar-refractivity contribution >= 4 is 21.8 Å². The van der Waals surface area contributed by atoms with Crippen LogP contribution in [0.5, 0.6) is 5.75 Å². The molecule has 1 amide bonds. The van der Waals surface area contributed by atoms with Crippen LogP contribution in [0.4, 0.5) is 0 Å². The molecule has 90 valence electrons. The van der Waals surface area contributed by atoms with Gasteiger partial charge in [0.2, 0.25) is 0 Å². The summed E-state index contributed by atoms with van der Waals surface area (Å²) in [4.78, 5) is 14.0. The van der Waals surface area contributed by atoms with Gasteiger partial charge in [-0.25, -0.2) is 0 Å². The molecule has 0 aliphatic heterocycles. The second-order valence-corrected chi connectivity index (χ2v) is 5.05. The number of carbonyl (C=O) groups is 1. The Hall–Kier alpha value is -1.29. The average molecular weight is 296 g/mol. The Morgan fingerprint density at radius 1 is 1.59 bits per heavy atom. The zero-order chi connectivity index (χ0) is 12.4. The van der Waals surface area contributed by atoms with Crippen molar-refractivity contribution in [2.75, 3.05) is 6.54 Å². The number of rotatable bonds is 4. The molecule has 0 atom stereocenters. The zero-order valence-corrected chi connectivity index (χ0v) is 11.0. The Kier molecular flexibility index (Phi) is 3.52. The molecule has 2 rings (SSSR count). The molecular weight excluding hydrogens is 282 g/mol. The van der Waals surface area contributed by atoms with Crippen LogP contribution in [0.2, 0.25) is 0 Å². The number of nitrogens with zero attached hydrogens (tertiary/aromatic N) is 1. The number of amides is 1. The van der Waals surface area contributed by atoms with Crippen LogP contribution >= 0.6 is 15.9 Å². The van der Waals surface area contributed by atoms with E-state index in [0.29, 0.717) is 18.2 Å². The van der Waals surface area contributed by atoms with E-state index in [1.807, 2.05) is 0 Å². The number of hydrogen-bond donors (Lipinski definition) is 1. The van der Waals surface area contributed by atoms with Gasteiger partial charge in [-0.15, -0.1) is 6.58 Å². The Morgan fingerprint density at radius 3 is 2.88 bits per heavy atom. The first kappa shape index (κ1) is 12.2. The minimum atomic E-state index is -0.133. The number of phenols is 1. The highest BCUT2D eigenvalue weighted by Gasteiger charge is 2.33. The number of halogens is 1. The maximum absolute atomic E-state index is 12.3. The molecule has 0 spiro atoms. The van der Waals surface area contributed by atoms with E-state index < -0.39 is 0 Å². The number of carbonyl (C=O) groups excluding carboxylic acids is 1. The molecular formula is C13H14BrNO2. The Morgan fingerprint density at radius 2 is 2.29 bits per heavy atom. The van der Waals surface area contributed by atoms with Gasteiger partial charge in [0.05, 0.1) is 5.56 Å². The first-order valence-electron chi connectivity index (χ1n) is 5.54. The van der Waals surface area contributed by atoms with Gasteiger partial charge in [-0.2, -0.15) is 0 Å². The zero-order valence-electron chi connectivity index (χ0n) is 9.40. The molecule has 1 saturated carbocycles. The second-order valence-electron chi connectivity index (χ2n) is 4.14. The van der Waals surface area contributed by atoms with Crippen LogP contribution in [0.1, 0.15) is 23.2 Å². The molecule has 0 saturated heterocycles. The molecule has 1 fully saturated rings. The number of benzene rings is 1. The highest BCUT2D eigenvalue weighted by atomic mass is 79.9. The number of phenolic OH excluding ortho intramolecular Hbond substituents is 1. The molecule has 0 bridgehead atoms. The van der Waals surface area contributed by atoms with Crippen molar-refractivity contribution in [2.24, 2.45) is 0 Å². The van der Waals surface area contributed by atoms with Crippen LogP contribution in [-0.4, -0.2) is 28.5 Å². The highest BCUT2D eigenvalue weighted by molar-refractivity contribution is 9.10. The molecule has 4 heteroatoms. The van der Waals surface area contributed by atoms with Crippen molar-refractivity contribution in [1.29, 1.82) is 0 Å². The Labute approximate surface area is 109 Å². The summed E-state index contributed by atoms with van der Waals surface area (Å²) in [6.07, 6.45) is 3.79. The van der Waals surface area contributed by atoms with Crippen LogP contribution in [-0.2, 0) is 0 Å². The molecule has 3 nitrogen and oxygen atoms in total. The van der Waals surface area contributed by atoms with Gasteiger partial charge in [0, 0.05) is 17.1 Å². The van der Waals surface area contributed by atoms with Crippen molar-refractivity contribution in [2.45, 2.75) is 18.9 Å². The SMILES string of the molecule is C=CCN(C(=O)c1cc(Br)ccc1O)C1CC1. The average Bonchev–Trinajstić information content (AvgIpc) is 3.12. The normalized spacial score (nSPS) is 14.4. The van der Waals surface area contributed by atoms with Gasteiger partial charge in [0.15, 0.2) is 0 Å². The summed E-state index contributed by atoms with van der Waals surface area (Å²) in [5.41, 5.74) is 0.341.